The van der Waals surface area contributed by atoms with Gasteiger partial charge in [-0.05, 0) is 6.07 Å². The third-order valence-electron chi connectivity index (χ3n) is 2.89. The molecule has 0 unspecified atom stereocenters. The van der Waals surface area contributed by atoms with Crippen molar-refractivity contribution in [1.82, 2.24) is 9.88 Å². The van der Waals surface area contributed by atoms with Crippen molar-refractivity contribution >= 4 is 22.8 Å². The fraction of sp³-hybridized carbons (Fsp3) is 0.214. The minimum atomic E-state index is -1.02. The SMILES string of the molecule is N#CCCNC(=O)Cn1cc(C(=O)O)c2ccccc21. The highest BCUT2D eigenvalue weighted by Crippen LogP contribution is 2.21. The summed E-state index contributed by atoms with van der Waals surface area (Å²) in [6.45, 7) is 0.319. The fourth-order valence-electron chi connectivity index (χ4n) is 2.02. The Labute approximate surface area is 115 Å². The molecule has 0 atom stereocenters. The zero-order valence-corrected chi connectivity index (χ0v) is 10.7. The monoisotopic (exact) mass is 271 g/mol. The van der Waals surface area contributed by atoms with Gasteiger partial charge in [0, 0.05) is 23.6 Å². The molecule has 1 heterocycles. The van der Waals surface area contributed by atoms with Gasteiger partial charge in [-0.2, -0.15) is 5.26 Å². The number of fused-ring (bicyclic) bond motifs is 1. The predicted molar refractivity (Wildman–Crippen MR) is 72.1 cm³/mol. The molecular weight excluding hydrogens is 258 g/mol. The van der Waals surface area contributed by atoms with E-state index < -0.39 is 5.97 Å². The van der Waals surface area contributed by atoms with E-state index in [9.17, 15) is 9.59 Å². The summed E-state index contributed by atoms with van der Waals surface area (Å²) in [5.74, 6) is -1.28. The minimum Gasteiger partial charge on any atom is -0.478 e. The number of carbonyl (C=O) groups excluding carboxylic acids is 1. The highest BCUT2D eigenvalue weighted by molar-refractivity contribution is 6.03. The van der Waals surface area contributed by atoms with E-state index in [0.717, 1.165) is 0 Å². The highest BCUT2D eigenvalue weighted by Gasteiger charge is 2.14. The second kappa shape index (κ2) is 5.89. The third-order valence-corrected chi connectivity index (χ3v) is 2.89. The molecule has 0 spiro atoms. The lowest BCUT2D eigenvalue weighted by Gasteiger charge is -2.05. The number of nitrogens with zero attached hydrogens (tertiary/aromatic N) is 2. The van der Waals surface area contributed by atoms with E-state index in [1.165, 1.54) is 6.20 Å². The lowest BCUT2D eigenvalue weighted by Crippen LogP contribution is -2.28. The molecule has 20 heavy (non-hydrogen) atoms. The number of benzene rings is 1. The summed E-state index contributed by atoms with van der Waals surface area (Å²) < 4.78 is 1.60. The Morgan fingerprint density at radius 2 is 2.10 bits per heavy atom. The first-order valence-electron chi connectivity index (χ1n) is 6.08. The van der Waals surface area contributed by atoms with Crippen LogP contribution in [-0.4, -0.2) is 28.1 Å². The van der Waals surface area contributed by atoms with Crippen LogP contribution >= 0.6 is 0 Å². The van der Waals surface area contributed by atoms with Gasteiger partial charge in [0.1, 0.15) is 6.54 Å². The van der Waals surface area contributed by atoms with Crippen molar-refractivity contribution in [2.45, 2.75) is 13.0 Å². The lowest BCUT2D eigenvalue weighted by molar-refractivity contribution is -0.121. The molecule has 2 rings (SSSR count). The number of hydrogen-bond donors (Lipinski definition) is 2. The molecule has 0 aliphatic heterocycles. The second-order valence-electron chi connectivity index (χ2n) is 4.25. The number of aromatic nitrogens is 1. The normalized spacial score (nSPS) is 10.2. The molecule has 0 fully saturated rings. The summed E-state index contributed by atoms with van der Waals surface area (Å²) >= 11 is 0. The number of amides is 1. The van der Waals surface area contributed by atoms with Crippen LogP contribution in [0.15, 0.2) is 30.5 Å². The summed E-state index contributed by atoms with van der Waals surface area (Å²) in [5.41, 5.74) is 0.866. The van der Waals surface area contributed by atoms with Gasteiger partial charge in [-0.3, -0.25) is 4.79 Å². The van der Waals surface area contributed by atoms with Crippen LogP contribution in [0.2, 0.25) is 0 Å². The zero-order chi connectivity index (χ0) is 14.5. The van der Waals surface area contributed by atoms with Gasteiger partial charge in [0.2, 0.25) is 5.91 Å². The van der Waals surface area contributed by atoms with Crippen molar-refractivity contribution in [3.8, 4) is 6.07 Å². The fourth-order valence-corrected chi connectivity index (χ4v) is 2.02. The summed E-state index contributed by atoms with van der Waals surface area (Å²) in [6, 6.07) is 8.96. The average molecular weight is 271 g/mol. The molecule has 2 N–H and O–H groups in total. The zero-order valence-electron chi connectivity index (χ0n) is 10.7. The Kier molecular flexibility index (Phi) is 4.01. The number of carboxylic acid groups (broad SMARTS) is 1. The quantitative estimate of drug-likeness (QED) is 0.803. The van der Waals surface area contributed by atoms with Crippen LogP contribution < -0.4 is 5.32 Å². The molecule has 2 aromatic rings. The molecule has 1 aromatic carbocycles. The van der Waals surface area contributed by atoms with E-state index in [2.05, 4.69) is 5.32 Å². The standard InChI is InChI=1S/C14H13N3O3/c15-6-3-7-16-13(18)9-17-8-11(14(19)20)10-4-1-2-5-12(10)17/h1-2,4-5,8H,3,7,9H2,(H,16,18)(H,19,20). The van der Waals surface area contributed by atoms with Crippen molar-refractivity contribution in [1.29, 1.82) is 5.26 Å². The van der Waals surface area contributed by atoms with Crippen LogP contribution in [0.4, 0.5) is 0 Å². The predicted octanol–water partition coefficient (Wildman–Crippen LogP) is 1.37. The van der Waals surface area contributed by atoms with Gasteiger partial charge in [-0.25, -0.2) is 4.79 Å². The molecular formula is C14H13N3O3. The summed E-state index contributed by atoms with van der Waals surface area (Å²) in [6.07, 6.45) is 1.70. The largest absolute Gasteiger partial charge is 0.478 e. The van der Waals surface area contributed by atoms with Gasteiger partial charge >= 0.3 is 5.97 Å². The van der Waals surface area contributed by atoms with Crippen molar-refractivity contribution in [3.63, 3.8) is 0 Å². The molecule has 0 aliphatic rings. The maximum Gasteiger partial charge on any atom is 0.337 e. The Bertz CT molecular complexity index is 697. The number of para-hydroxylation sites is 1. The number of aromatic carboxylic acids is 1. The van der Waals surface area contributed by atoms with E-state index in [4.69, 9.17) is 10.4 Å². The van der Waals surface area contributed by atoms with Crippen LogP contribution in [0.1, 0.15) is 16.8 Å². The Morgan fingerprint density at radius 1 is 1.35 bits per heavy atom. The molecule has 0 saturated heterocycles. The molecule has 0 saturated carbocycles. The first-order chi connectivity index (χ1) is 9.63. The van der Waals surface area contributed by atoms with E-state index in [0.29, 0.717) is 17.4 Å². The summed E-state index contributed by atoms with van der Waals surface area (Å²) in [7, 11) is 0. The Balaban J connectivity index is 2.24. The average Bonchev–Trinajstić information content (AvgIpc) is 2.78. The summed E-state index contributed by atoms with van der Waals surface area (Å²) in [4.78, 5) is 22.9. The molecule has 0 aliphatic carbocycles. The highest BCUT2D eigenvalue weighted by atomic mass is 16.4. The lowest BCUT2D eigenvalue weighted by atomic mass is 10.2. The van der Waals surface area contributed by atoms with Crippen molar-refractivity contribution in [2.24, 2.45) is 0 Å². The van der Waals surface area contributed by atoms with Crippen LogP contribution in [0.3, 0.4) is 0 Å². The van der Waals surface area contributed by atoms with Gasteiger partial charge in [-0.15, -0.1) is 0 Å². The van der Waals surface area contributed by atoms with Crippen LogP contribution in [0.25, 0.3) is 10.9 Å². The molecule has 102 valence electrons. The Hall–Kier alpha value is -2.81. The van der Waals surface area contributed by atoms with Gasteiger partial charge in [0.05, 0.1) is 18.1 Å². The van der Waals surface area contributed by atoms with E-state index in [1.807, 2.05) is 6.07 Å². The van der Waals surface area contributed by atoms with Crippen LogP contribution in [0, 0.1) is 11.3 Å². The molecule has 0 radical (unpaired) electrons. The second-order valence-corrected chi connectivity index (χ2v) is 4.25. The molecule has 1 amide bonds. The third kappa shape index (κ3) is 2.78. The molecule has 1 aromatic heterocycles. The number of carboxylic acids is 1. The Morgan fingerprint density at radius 3 is 2.80 bits per heavy atom. The number of nitriles is 1. The number of nitrogens with one attached hydrogen (secondary N) is 1. The molecule has 0 bridgehead atoms. The first kappa shape index (κ1) is 13.6. The van der Waals surface area contributed by atoms with E-state index in [-0.39, 0.29) is 24.4 Å². The smallest absolute Gasteiger partial charge is 0.337 e. The topological polar surface area (TPSA) is 95.1 Å². The molecule has 6 nitrogen and oxygen atoms in total. The van der Waals surface area contributed by atoms with E-state index >= 15 is 0 Å². The van der Waals surface area contributed by atoms with Crippen molar-refractivity contribution in [3.05, 3.63) is 36.0 Å². The maximum absolute atomic E-state index is 11.7. The van der Waals surface area contributed by atoms with Crippen molar-refractivity contribution in [2.75, 3.05) is 6.54 Å². The maximum atomic E-state index is 11.7. The van der Waals surface area contributed by atoms with Gasteiger partial charge < -0.3 is 15.0 Å². The minimum absolute atomic E-state index is 0.0270. The van der Waals surface area contributed by atoms with Gasteiger partial charge in [0.25, 0.3) is 0 Å². The first-order valence-corrected chi connectivity index (χ1v) is 6.08. The van der Waals surface area contributed by atoms with Gasteiger partial charge in [0.15, 0.2) is 0 Å². The summed E-state index contributed by atoms with van der Waals surface area (Å²) in [5, 5.41) is 20.8. The molecule has 6 heteroatoms. The van der Waals surface area contributed by atoms with Crippen molar-refractivity contribution < 1.29 is 14.7 Å². The van der Waals surface area contributed by atoms with Crippen LogP contribution in [-0.2, 0) is 11.3 Å². The van der Waals surface area contributed by atoms with Gasteiger partial charge in [-0.1, -0.05) is 18.2 Å². The van der Waals surface area contributed by atoms with Crippen LogP contribution in [0.5, 0.6) is 0 Å². The number of carbonyl (C=O) groups is 2. The number of rotatable bonds is 5. The van der Waals surface area contributed by atoms with E-state index in [1.54, 1.807) is 28.8 Å². The number of hydrogen-bond acceptors (Lipinski definition) is 3.